The quantitative estimate of drug-likeness (QED) is 0.686. The standard InChI is InChI=1S/C17H16N2S/c1-2-5-13(6-3-1)12-19-16(17-7-4-10-20-17)11-15(18-19)14-8-9-14/h1-7,10-11,14H,8-9,12H2. The molecule has 3 aromatic rings. The Morgan fingerprint density at radius 1 is 1.10 bits per heavy atom. The van der Waals surface area contributed by atoms with Crippen LogP contribution in [-0.4, -0.2) is 9.78 Å². The number of nitrogens with zero attached hydrogens (tertiary/aromatic N) is 2. The highest BCUT2D eigenvalue weighted by atomic mass is 32.1. The van der Waals surface area contributed by atoms with Crippen molar-refractivity contribution >= 4 is 11.3 Å². The van der Waals surface area contributed by atoms with Gasteiger partial charge in [0.2, 0.25) is 0 Å². The van der Waals surface area contributed by atoms with Crippen LogP contribution < -0.4 is 0 Å². The Bertz CT molecular complexity index is 694. The number of rotatable bonds is 4. The Labute approximate surface area is 122 Å². The van der Waals surface area contributed by atoms with E-state index in [1.807, 2.05) is 0 Å². The number of benzene rings is 1. The van der Waals surface area contributed by atoms with E-state index in [1.165, 1.54) is 34.7 Å². The Morgan fingerprint density at radius 3 is 2.65 bits per heavy atom. The van der Waals surface area contributed by atoms with Gasteiger partial charge in [-0.15, -0.1) is 11.3 Å². The van der Waals surface area contributed by atoms with Crippen LogP contribution in [0.3, 0.4) is 0 Å². The molecule has 2 aromatic heterocycles. The minimum absolute atomic E-state index is 0.700. The fourth-order valence-corrected chi connectivity index (χ4v) is 3.26. The maximum absolute atomic E-state index is 4.85. The molecular formula is C17H16N2S. The van der Waals surface area contributed by atoms with Gasteiger partial charge in [0.25, 0.3) is 0 Å². The number of hydrogen-bond donors (Lipinski definition) is 0. The van der Waals surface area contributed by atoms with E-state index in [-0.39, 0.29) is 0 Å². The van der Waals surface area contributed by atoms with Crippen molar-refractivity contribution in [2.24, 2.45) is 0 Å². The Kier molecular flexibility index (Phi) is 2.92. The summed E-state index contributed by atoms with van der Waals surface area (Å²) in [6.07, 6.45) is 2.60. The van der Waals surface area contributed by atoms with Crippen LogP contribution in [0, 0.1) is 0 Å². The van der Waals surface area contributed by atoms with Gasteiger partial charge in [-0.1, -0.05) is 36.4 Å². The molecule has 0 bridgehead atoms. The zero-order chi connectivity index (χ0) is 13.4. The highest BCUT2D eigenvalue weighted by Gasteiger charge is 2.27. The third-order valence-electron chi connectivity index (χ3n) is 3.74. The summed E-state index contributed by atoms with van der Waals surface area (Å²) in [6, 6.07) is 17.1. The molecule has 0 saturated heterocycles. The summed E-state index contributed by atoms with van der Waals surface area (Å²) in [6.45, 7) is 0.848. The average molecular weight is 280 g/mol. The Hall–Kier alpha value is -1.87. The van der Waals surface area contributed by atoms with Gasteiger partial charge in [-0.3, -0.25) is 4.68 Å². The first-order valence-corrected chi connectivity index (χ1v) is 7.94. The molecule has 1 aliphatic carbocycles. The van der Waals surface area contributed by atoms with Gasteiger partial charge in [0, 0.05) is 5.92 Å². The molecule has 0 unspecified atom stereocenters. The molecule has 20 heavy (non-hydrogen) atoms. The van der Waals surface area contributed by atoms with E-state index in [2.05, 4.69) is 58.6 Å². The lowest BCUT2D eigenvalue weighted by Gasteiger charge is -2.06. The molecule has 100 valence electrons. The molecule has 2 heterocycles. The Balaban J connectivity index is 1.73. The summed E-state index contributed by atoms with van der Waals surface area (Å²) < 4.78 is 2.16. The second kappa shape index (κ2) is 4.91. The zero-order valence-electron chi connectivity index (χ0n) is 11.2. The van der Waals surface area contributed by atoms with Crippen LogP contribution in [0.5, 0.6) is 0 Å². The smallest absolute Gasteiger partial charge is 0.0788 e. The van der Waals surface area contributed by atoms with Crippen LogP contribution in [-0.2, 0) is 6.54 Å². The highest BCUT2D eigenvalue weighted by Crippen LogP contribution is 2.41. The van der Waals surface area contributed by atoms with E-state index < -0.39 is 0 Å². The third-order valence-corrected chi connectivity index (χ3v) is 4.64. The van der Waals surface area contributed by atoms with Gasteiger partial charge in [0.15, 0.2) is 0 Å². The van der Waals surface area contributed by atoms with Crippen molar-refractivity contribution in [1.82, 2.24) is 9.78 Å². The van der Waals surface area contributed by atoms with Gasteiger partial charge >= 0.3 is 0 Å². The van der Waals surface area contributed by atoms with Crippen LogP contribution >= 0.6 is 11.3 Å². The first kappa shape index (κ1) is 11.9. The predicted molar refractivity (Wildman–Crippen MR) is 83.1 cm³/mol. The molecule has 3 heteroatoms. The van der Waals surface area contributed by atoms with Crippen molar-refractivity contribution in [1.29, 1.82) is 0 Å². The summed E-state index contributed by atoms with van der Waals surface area (Å²) in [4.78, 5) is 1.31. The average Bonchev–Trinajstić information content (AvgIpc) is 3.02. The van der Waals surface area contributed by atoms with Crippen molar-refractivity contribution in [3.8, 4) is 10.6 Å². The second-order valence-corrected chi connectivity index (χ2v) is 6.30. The molecule has 0 atom stereocenters. The van der Waals surface area contributed by atoms with Crippen LogP contribution in [0.25, 0.3) is 10.6 Å². The molecule has 4 rings (SSSR count). The van der Waals surface area contributed by atoms with E-state index >= 15 is 0 Å². The van der Waals surface area contributed by atoms with Crippen LogP contribution in [0.15, 0.2) is 53.9 Å². The summed E-state index contributed by atoms with van der Waals surface area (Å²) >= 11 is 1.79. The molecule has 1 saturated carbocycles. The summed E-state index contributed by atoms with van der Waals surface area (Å²) in [7, 11) is 0. The van der Waals surface area contributed by atoms with E-state index in [9.17, 15) is 0 Å². The summed E-state index contributed by atoms with van der Waals surface area (Å²) in [5, 5.41) is 6.98. The highest BCUT2D eigenvalue weighted by molar-refractivity contribution is 7.13. The zero-order valence-corrected chi connectivity index (χ0v) is 12.0. The lowest BCUT2D eigenvalue weighted by atomic mass is 10.2. The van der Waals surface area contributed by atoms with Crippen molar-refractivity contribution < 1.29 is 0 Å². The topological polar surface area (TPSA) is 17.8 Å². The van der Waals surface area contributed by atoms with E-state index in [4.69, 9.17) is 5.10 Å². The van der Waals surface area contributed by atoms with Gasteiger partial charge < -0.3 is 0 Å². The minimum atomic E-state index is 0.700. The van der Waals surface area contributed by atoms with Gasteiger partial charge in [0.1, 0.15) is 0 Å². The number of thiophene rings is 1. The van der Waals surface area contributed by atoms with Gasteiger partial charge in [-0.05, 0) is 35.9 Å². The third kappa shape index (κ3) is 2.29. The molecule has 0 spiro atoms. The largest absolute Gasteiger partial charge is 0.259 e. The molecule has 1 fully saturated rings. The fraction of sp³-hybridized carbons (Fsp3) is 0.235. The van der Waals surface area contributed by atoms with Crippen molar-refractivity contribution in [3.63, 3.8) is 0 Å². The van der Waals surface area contributed by atoms with Crippen molar-refractivity contribution in [2.75, 3.05) is 0 Å². The van der Waals surface area contributed by atoms with Crippen LogP contribution in [0.2, 0.25) is 0 Å². The van der Waals surface area contributed by atoms with E-state index in [0.29, 0.717) is 5.92 Å². The second-order valence-electron chi connectivity index (χ2n) is 5.35. The maximum atomic E-state index is 4.85. The first-order chi connectivity index (χ1) is 9.90. The lowest BCUT2D eigenvalue weighted by Crippen LogP contribution is -2.03. The predicted octanol–water partition coefficient (Wildman–Crippen LogP) is 4.54. The number of hydrogen-bond acceptors (Lipinski definition) is 2. The molecule has 0 amide bonds. The van der Waals surface area contributed by atoms with Gasteiger partial charge in [0.05, 0.1) is 22.8 Å². The van der Waals surface area contributed by atoms with E-state index in [1.54, 1.807) is 11.3 Å². The molecule has 0 radical (unpaired) electrons. The maximum Gasteiger partial charge on any atom is 0.0788 e. The molecule has 0 aliphatic heterocycles. The molecule has 1 aromatic carbocycles. The monoisotopic (exact) mass is 280 g/mol. The normalized spacial score (nSPS) is 14.6. The van der Waals surface area contributed by atoms with Crippen molar-refractivity contribution in [3.05, 3.63) is 65.2 Å². The van der Waals surface area contributed by atoms with Gasteiger partial charge in [-0.25, -0.2) is 0 Å². The molecule has 1 aliphatic rings. The first-order valence-electron chi connectivity index (χ1n) is 7.06. The van der Waals surface area contributed by atoms with Crippen LogP contribution in [0.1, 0.15) is 30.0 Å². The van der Waals surface area contributed by atoms with Crippen molar-refractivity contribution in [2.45, 2.75) is 25.3 Å². The SMILES string of the molecule is c1ccc(Cn2nc(C3CC3)cc2-c2cccs2)cc1. The lowest BCUT2D eigenvalue weighted by molar-refractivity contribution is 0.680. The van der Waals surface area contributed by atoms with E-state index in [0.717, 1.165) is 6.54 Å². The Morgan fingerprint density at radius 2 is 1.95 bits per heavy atom. The summed E-state index contributed by atoms with van der Waals surface area (Å²) in [5.41, 5.74) is 3.82. The number of aromatic nitrogens is 2. The summed E-state index contributed by atoms with van der Waals surface area (Å²) in [5.74, 6) is 0.700. The van der Waals surface area contributed by atoms with Crippen LogP contribution in [0.4, 0.5) is 0 Å². The van der Waals surface area contributed by atoms with Gasteiger partial charge in [-0.2, -0.15) is 5.10 Å². The molecule has 0 N–H and O–H groups in total. The fourth-order valence-electron chi connectivity index (χ4n) is 2.51. The molecule has 2 nitrogen and oxygen atoms in total. The molecular weight excluding hydrogens is 264 g/mol. The minimum Gasteiger partial charge on any atom is -0.259 e.